The standard InChI is InChI=1S/C11H15FN2/c1-4-5-11(12)6-10(7-13)14(8-11)9(2)3/h4,10H,1-2,5-6,8H2,3H3/t10-,11?/m0/s1. The Hall–Kier alpha value is -1.30. The molecule has 1 rings (SSSR count). The highest BCUT2D eigenvalue weighted by atomic mass is 19.1. The molecule has 2 nitrogen and oxygen atoms in total. The molecule has 1 heterocycles. The zero-order valence-corrected chi connectivity index (χ0v) is 8.46. The van der Waals surface area contributed by atoms with E-state index in [0.29, 0.717) is 6.42 Å². The Kier molecular flexibility index (Phi) is 2.95. The minimum Gasteiger partial charge on any atom is -0.357 e. The summed E-state index contributed by atoms with van der Waals surface area (Å²) in [6.07, 6.45) is 2.12. The van der Waals surface area contributed by atoms with Crippen molar-refractivity contribution in [3.8, 4) is 6.07 Å². The number of alkyl halides is 1. The molecule has 0 aromatic rings. The molecule has 14 heavy (non-hydrogen) atoms. The molecule has 76 valence electrons. The SMILES string of the molecule is C=CCC1(F)C[C@@H](C#N)N(C(=C)C)C1. The molecule has 0 radical (unpaired) electrons. The summed E-state index contributed by atoms with van der Waals surface area (Å²) in [4.78, 5) is 1.73. The quantitative estimate of drug-likeness (QED) is 0.645. The first-order chi connectivity index (χ1) is 6.52. The molecule has 0 aromatic carbocycles. The second-order valence-corrected chi connectivity index (χ2v) is 3.86. The molecule has 0 amide bonds. The summed E-state index contributed by atoms with van der Waals surface area (Å²) < 4.78 is 14.1. The largest absolute Gasteiger partial charge is 0.357 e. The molecule has 1 aliphatic heterocycles. The minimum atomic E-state index is -1.30. The molecule has 1 saturated heterocycles. The third kappa shape index (κ3) is 1.95. The molecule has 0 saturated carbocycles. The molecular weight excluding hydrogens is 179 g/mol. The fraction of sp³-hybridized carbons (Fsp3) is 0.545. The van der Waals surface area contributed by atoms with Crippen molar-refractivity contribution in [1.82, 2.24) is 4.90 Å². The van der Waals surface area contributed by atoms with Crippen LogP contribution in [0.3, 0.4) is 0 Å². The van der Waals surface area contributed by atoms with Crippen LogP contribution in [0.4, 0.5) is 4.39 Å². The summed E-state index contributed by atoms with van der Waals surface area (Å²) >= 11 is 0. The molecule has 0 bridgehead atoms. The topological polar surface area (TPSA) is 27.0 Å². The van der Waals surface area contributed by atoms with Gasteiger partial charge in [0.25, 0.3) is 0 Å². The highest BCUT2D eigenvalue weighted by molar-refractivity contribution is 5.13. The van der Waals surface area contributed by atoms with Crippen molar-refractivity contribution < 1.29 is 4.39 Å². The van der Waals surface area contributed by atoms with Crippen LogP contribution in [0.1, 0.15) is 19.8 Å². The van der Waals surface area contributed by atoms with Crippen LogP contribution in [0.15, 0.2) is 24.9 Å². The van der Waals surface area contributed by atoms with Gasteiger partial charge in [-0.25, -0.2) is 4.39 Å². The van der Waals surface area contributed by atoms with E-state index in [4.69, 9.17) is 5.26 Å². The first-order valence-corrected chi connectivity index (χ1v) is 4.64. The molecule has 0 N–H and O–H groups in total. The van der Waals surface area contributed by atoms with Crippen molar-refractivity contribution in [3.63, 3.8) is 0 Å². The Morgan fingerprint density at radius 1 is 1.86 bits per heavy atom. The summed E-state index contributed by atoms with van der Waals surface area (Å²) in [5, 5.41) is 8.86. The van der Waals surface area contributed by atoms with E-state index in [1.54, 1.807) is 17.9 Å². The van der Waals surface area contributed by atoms with Crippen LogP contribution in [0.5, 0.6) is 0 Å². The second-order valence-electron chi connectivity index (χ2n) is 3.86. The highest BCUT2D eigenvalue weighted by Crippen LogP contribution is 2.35. The fourth-order valence-corrected chi connectivity index (χ4v) is 1.86. The Morgan fingerprint density at radius 2 is 2.50 bits per heavy atom. The van der Waals surface area contributed by atoms with Gasteiger partial charge in [-0.05, 0) is 6.92 Å². The lowest BCUT2D eigenvalue weighted by Gasteiger charge is -2.22. The van der Waals surface area contributed by atoms with Gasteiger partial charge in [-0.15, -0.1) is 6.58 Å². The summed E-state index contributed by atoms with van der Waals surface area (Å²) in [6, 6.07) is 1.72. The van der Waals surface area contributed by atoms with E-state index < -0.39 is 5.67 Å². The Balaban J connectivity index is 2.79. The second kappa shape index (κ2) is 3.83. The van der Waals surface area contributed by atoms with Gasteiger partial charge >= 0.3 is 0 Å². The van der Waals surface area contributed by atoms with Crippen LogP contribution >= 0.6 is 0 Å². The van der Waals surface area contributed by atoms with Gasteiger partial charge in [0.2, 0.25) is 0 Å². The minimum absolute atomic E-state index is 0.252. The third-order valence-corrected chi connectivity index (χ3v) is 2.54. The van der Waals surface area contributed by atoms with Crippen molar-refractivity contribution in [1.29, 1.82) is 5.26 Å². The van der Waals surface area contributed by atoms with Gasteiger partial charge in [-0.2, -0.15) is 5.26 Å². The summed E-state index contributed by atoms with van der Waals surface area (Å²) in [6.45, 7) is 9.32. The van der Waals surface area contributed by atoms with Crippen LogP contribution in [0.25, 0.3) is 0 Å². The molecule has 1 unspecified atom stereocenters. The number of nitriles is 1. The predicted octanol–water partition coefficient (Wildman–Crippen LogP) is 2.40. The van der Waals surface area contributed by atoms with Gasteiger partial charge in [0, 0.05) is 18.5 Å². The lowest BCUT2D eigenvalue weighted by Crippen LogP contribution is -2.29. The maximum Gasteiger partial charge on any atom is 0.134 e. The average molecular weight is 194 g/mol. The number of halogens is 1. The Labute approximate surface area is 84.3 Å². The first kappa shape index (κ1) is 10.8. The summed E-state index contributed by atoms with van der Waals surface area (Å²) in [5.41, 5.74) is -0.554. The van der Waals surface area contributed by atoms with Crippen molar-refractivity contribution in [2.24, 2.45) is 0 Å². The van der Waals surface area contributed by atoms with E-state index in [2.05, 4.69) is 19.2 Å². The molecule has 3 heteroatoms. The van der Waals surface area contributed by atoms with Gasteiger partial charge in [0.1, 0.15) is 11.7 Å². The molecule has 2 atom stereocenters. The van der Waals surface area contributed by atoms with Crippen molar-refractivity contribution in [3.05, 3.63) is 24.9 Å². The van der Waals surface area contributed by atoms with E-state index in [9.17, 15) is 4.39 Å². The third-order valence-electron chi connectivity index (χ3n) is 2.54. The van der Waals surface area contributed by atoms with E-state index in [1.165, 1.54) is 0 Å². The van der Waals surface area contributed by atoms with Crippen LogP contribution in [-0.2, 0) is 0 Å². The molecule has 1 fully saturated rings. The van der Waals surface area contributed by atoms with Gasteiger partial charge in [0.15, 0.2) is 0 Å². The number of allylic oxidation sites excluding steroid dienone is 2. The van der Waals surface area contributed by atoms with Crippen molar-refractivity contribution in [2.75, 3.05) is 6.54 Å². The molecule has 0 aliphatic carbocycles. The number of hydrogen-bond donors (Lipinski definition) is 0. The maximum atomic E-state index is 14.1. The number of hydrogen-bond acceptors (Lipinski definition) is 2. The Morgan fingerprint density at radius 3 is 2.86 bits per heavy atom. The molecule has 1 aliphatic rings. The lowest BCUT2D eigenvalue weighted by atomic mass is 9.99. The number of likely N-dealkylation sites (tertiary alicyclic amines) is 1. The van der Waals surface area contributed by atoms with Gasteiger partial charge in [0.05, 0.1) is 12.6 Å². The van der Waals surface area contributed by atoms with E-state index >= 15 is 0 Å². The van der Waals surface area contributed by atoms with Crippen LogP contribution in [0.2, 0.25) is 0 Å². The van der Waals surface area contributed by atoms with Crippen molar-refractivity contribution >= 4 is 0 Å². The van der Waals surface area contributed by atoms with Gasteiger partial charge in [-0.3, -0.25) is 0 Å². The highest BCUT2D eigenvalue weighted by Gasteiger charge is 2.43. The van der Waals surface area contributed by atoms with Crippen LogP contribution in [0, 0.1) is 11.3 Å². The summed E-state index contributed by atoms with van der Waals surface area (Å²) in [5.74, 6) is 0. The van der Waals surface area contributed by atoms with Gasteiger partial charge < -0.3 is 4.90 Å². The molecule has 0 spiro atoms. The van der Waals surface area contributed by atoms with Crippen molar-refractivity contribution in [2.45, 2.75) is 31.5 Å². The predicted molar refractivity (Wildman–Crippen MR) is 54.2 cm³/mol. The molecule has 0 aromatic heterocycles. The zero-order valence-electron chi connectivity index (χ0n) is 8.46. The maximum absolute atomic E-state index is 14.1. The van der Waals surface area contributed by atoms with Crippen LogP contribution < -0.4 is 0 Å². The normalized spacial score (nSPS) is 31.2. The Bertz CT molecular complexity index is 292. The number of rotatable bonds is 3. The zero-order chi connectivity index (χ0) is 10.8. The van der Waals surface area contributed by atoms with E-state index in [1.807, 2.05) is 0 Å². The average Bonchev–Trinajstić information content (AvgIpc) is 2.43. The van der Waals surface area contributed by atoms with E-state index in [0.717, 1.165) is 5.70 Å². The smallest absolute Gasteiger partial charge is 0.134 e. The molecular formula is C11H15FN2. The number of nitrogens with zero attached hydrogens (tertiary/aromatic N) is 2. The fourth-order valence-electron chi connectivity index (χ4n) is 1.86. The van der Waals surface area contributed by atoms with E-state index in [-0.39, 0.29) is 19.0 Å². The summed E-state index contributed by atoms with van der Waals surface area (Å²) in [7, 11) is 0. The van der Waals surface area contributed by atoms with Gasteiger partial charge in [-0.1, -0.05) is 12.7 Å². The monoisotopic (exact) mass is 194 g/mol. The van der Waals surface area contributed by atoms with Crippen LogP contribution in [-0.4, -0.2) is 23.2 Å². The lowest BCUT2D eigenvalue weighted by molar-refractivity contribution is 0.178. The first-order valence-electron chi connectivity index (χ1n) is 4.64.